The van der Waals surface area contributed by atoms with Crippen molar-refractivity contribution in [2.75, 3.05) is 0 Å². The molecule has 0 fully saturated rings. The first-order valence-electron chi connectivity index (χ1n) is 6.38. The van der Waals surface area contributed by atoms with Gasteiger partial charge in [0.1, 0.15) is 11.4 Å². The Kier molecular flexibility index (Phi) is 4.46. The average molecular weight is 458 g/mol. The van der Waals surface area contributed by atoms with Crippen LogP contribution in [-0.4, -0.2) is 36.4 Å². The van der Waals surface area contributed by atoms with Crippen molar-refractivity contribution in [2.24, 2.45) is 5.10 Å². The topological polar surface area (TPSA) is 94.9 Å². The summed E-state index contributed by atoms with van der Waals surface area (Å²) in [5, 5.41) is 28.2. The smallest absolute Gasteiger partial charge is 0.216 e. The molecule has 0 atom stereocenters. The molecule has 23 heavy (non-hydrogen) atoms. The van der Waals surface area contributed by atoms with Crippen LogP contribution in [0.4, 0.5) is 0 Å². The summed E-state index contributed by atoms with van der Waals surface area (Å²) in [4.78, 5) is 0. The van der Waals surface area contributed by atoms with Crippen LogP contribution in [0.15, 0.2) is 32.2 Å². The number of benzene rings is 1. The van der Waals surface area contributed by atoms with Crippen LogP contribution < -0.4 is 0 Å². The molecular weight excluding hydrogens is 448 g/mol. The molecular formula is C13H10Br2N6OS. The van der Waals surface area contributed by atoms with Crippen LogP contribution in [0.1, 0.15) is 11.3 Å². The van der Waals surface area contributed by atoms with Crippen LogP contribution in [0.25, 0.3) is 11.5 Å². The first-order chi connectivity index (χ1) is 11.0. The van der Waals surface area contributed by atoms with E-state index in [1.165, 1.54) is 10.9 Å². The summed E-state index contributed by atoms with van der Waals surface area (Å²) in [6.07, 6.45) is 1.50. The zero-order valence-corrected chi connectivity index (χ0v) is 15.7. The Bertz CT molecular complexity index is 958. The largest absolute Gasteiger partial charge is 0.506 e. The van der Waals surface area contributed by atoms with Crippen LogP contribution in [0.2, 0.25) is 0 Å². The number of nitrogens with one attached hydrogen (secondary N) is 2. The lowest BCUT2D eigenvalue weighted by atomic mass is 10.2. The predicted molar refractivity (Wildman–Crippen MR) is 96.2 cm³/mol. The Hall–Kier alpha value is -1.78. The van der Waals surface area contributed by atoms with Gasteiger partial charge in [-0.3, -0.25) is 5.10 Å². The van der Waals surface area contributed by atoms with Gasteiger partial charge in [0.05, 0.1) is 10.7 Å². The van der Waals surface area contributed by atoms with Crippen molar-refractivity contribution < 1.29 is 5.11 Å². The summed E-state index contributed by atoms with van der Waals surface area (Å²) >= 11 is 11.8. The Morgan fingerprint density at radius 3 is 2.74 bits per heavy atom. The SMILES string of the molecule is Cc1cc(-c2n[nH]c(=S)n2/N=C\c2cc(Br)cc(Br)c2O)n[nH]1. The van der Waals surface area contributed by atoms with Crippen molar-refractivity contribution in [3.63, 3.8) is 0 Å². The quantitative estimate of drug-likeness (QED) is 0.412. The zero-order chi connectivity index (χ0) is 16.6. The van der Waals surface area contributed by atoms with Crippen LogP contribution in [0, 0.1) is 11.7 Å². The number of phenols is 1. The van der Waals surface area contributed by atoms with E-state index in [1.807, 2.05) is 13.0 Å². The molecule has 0 amide bonds. The van der Waals surface area contributed by atoms with Crippen LogP contribution in [0.5, 0.6) is 5.75 Å². The summed E-state index contributed by atoms with van der Waals surface area (Å²) < 4.78 is 3.14. The molecule has 0 aliphatic heterocycles. The van der Waals surface area contributed by atoms with Crippen molar-refractivity contribution in [1.29, 1.82) is 0 Å². The van der Waals surface area contributed by atoms with Gasteiger partial charge in [-0.1, -0.05) is 15.9 Å². The summed E-state index contributed by atoms with van der Waals surface area (Å²) in [5.41, 5.74) is 2.04. The molecule has 0 radical (unpaired) electrons. The fraction of sp³-hybridized carbons (Fsp3) is 0.0769. The fourth-order valence-electron chi connectivity index (χ4n) is 1.90. The van der Waals surface area contributed by atoms with Gasteiger partial charge in [0.25, 0.3) is 0 Å². The van der Waals surface area contributed by atoms with Gasteiger partial charge in [-0.25, -0.2) is 5.10 Å². The highest BCUT2D eigenvalue weighted by molar-refractivity contribution is 9.11. The third-order valence-electron chi connectivity index (χ3n) is 2.96. The summed E-state index contributed by atoms with van der Waals surface area (Å²) in [7, 11) is 0. The van der Waals surface area contributed by atoms with E-state index < -0.39 is 0 Å². The molecule has 3 N–H and O–H groups in total. The molecule has 0 spiro atoms. The number of aryl methyl sites for hydroxylation is 1. The number of halogens is 2. The van der Waals surface area contributed by atoms with Gasteiger partial charge in [0.15, 0.2) is 0 Å². The van der Waals surface area contributed by atoms with Crippen molar-refractivity contribution in [3.8, 4) is 17.3 Å². The molecule has 10 heteroatoms. The maximum Gasteiger partial charge on any atom is 0.216 e. The minimum atomic E-state index is 0.0872. The average Bonchev–Trinajstić information content (AvgIpc) is 3.07. The van der Waals surface area contributed by atoms with E-state index in [9.17, 15) is 5.11 Å². The summed E-state index contributed by atoms with van der Waals surface area (Å²) in [6, 6.07) is 5.32. The standard InChI is InChI=1S/C13H10Br2N6OS/c1-6-2-10(18-17-6)12-19-20-13(23)21(12)16-5-7-3-8(14)4-9(15)11(7)22/h2-5,22H,1H3,(H,17,18)(H,20,23)/b16-5-. The molecule has 0 saturated carbocycles. The van der Waals surface area contributed by atoms with Gasteiger partial charge in [0, 0.05) is 15.7 Å². The van der Waals surface area contributed by atoms with E-state index in [1.54, 1.807) is 12.1 Å². The minimum absolute atomic E-state index is 0.0872. The second-order valence-corrected chi connectivity index (χ2v) is 6.83. The molecule has 0 aliphatic carbocycles. The number of hydrogen-bond donors (Lipinski definition) is 3. The molecule has 7 nitrogen and oxygen atoms in total. The van der Waals surface area contributed by atoms with Gasteiger partial charge in [-0.2, -0.15) is 20.0 Å². The van der Waals surface area contributed by atoms with E-state index in [4.69, 9.17) is 12.2 Å². The second kappa shape index (κ2) is 6.38. The fourth-order valence-corrected chi connectivity index (χ4v) is 3.34. The molecule has 1 aromatic carbocycles. The van der Waals surface area contributed by atoms with Crippen LogP contribution in [-0.2, 0) is 0 Å². The third-order valence-corrected chi connectivity index (χ3v) is 4.28. The maximum atomic E-state index is 10.1. The summed E-state index contributed by atoms with van der Waals surface area (Å²) in [5.74, 6) is 0.563. The van der Waals surface area contributed by atoms with Crippen molar-refractivity contribution in [2.45, 2.75) is 6.92 Å². The zero-order valence-electron chi connectivity index (χ0n) is 11.7. The number of hydrogen-bond acceptors (Lipinski definition) is 5. The Labute approximate surface area is 152 Å². The van der Waals surface area contributed by atoms with Crippen LogP contribution in [0.3, 0.4) is 0 Å². The first-order valence-corrected chi connectivity index (χ1v) is 8.37. The van der Waals surface area contributed by atoms with E-state index >= 15 is 0 Å². The van der Waals surface area contributed by atoms with Crippen LogP contribution >= 0.6 is 44.1 Å². The monoisotopic (exact) mass is 456 g/mol. The summed E-state index contributed by atoms with van der Waals surface area (Å²) in [6.45, 7) is 1.89. The Balaban J connectivity index is 2.04. The number of aromatic hydroxyl groups is 1. The lowest BCUT2D eigenvalue weighted by molar-refractivity contribution is 0.471. The first kappa shape index (κ1) is 16.1. The van der Waals surface area contributed by atoms with E-state index in [0.29, 0.717) is 26.3 Å². The highest BCUT2D eigenvalue weighted by Crippen LogP contribution is 2.30. The van der Waals surface area contributed by atoms with Crippen molar-refractivity contribution in [1.82, 2.24) is 25.1 Å². The number of aromatic nitrogens is 5. The van der Waals surface area contributed by atoms with E-state index in [-0.39, 0.29) is 5.75 Å². The molecule has 0 aliphatic rings. The van der Waals surface area contributed by atoms with Gasteiger partial charge >= 0.3 is 0 Å². The van der Waals surface area contributed by atoms with Crippen molar-refractivity contribution in [3.05, 3.63) is 43.2 Å². The highest BCUT2D eigenvalue weighted by atomic mass is 79.9. The highest BCUT2D eigenvalue weighted by Gasteiger charge is 2.12. The van der Waals surface area contributed by atoms with E-state index in [2.05, 4.69) is 57.4 Å². The molecule has 2 aromatic heterocycles. The second-order valence-electron chi connectivity index (χ2n) is 4.67. The van der Waals surface area contributed by atoms with Crippen molar-refractivity contribution >= 4 is 50.3 Å². The number of nitrogens with zero attached hydrogens (tertiary/aromatic N) is 4. The Morgan fingerprint density at radius 2 is 2.04 bits per heavy atom. The van der Waals surface area contributed by atoms with Gasteiger partial charge in [0.2, 0.25) is 10.6 Å². The molecule has 0 unspecified atom stereocenters. The third kappa shape index (κ3) is 3.28. The molecule has 2 heterocycles. The van der Waals surface area contributed by atoms with Gasteiger partial charge in [-0.05, 0) is 53.3 Å². The molecule has 0 saturated heterocycles. The minimum Gasteiger partial charge on any atom is -0.506 e. The lowest BCUT2D eigenvalue weighted by Gasteiger charge is -2.03. The van der Waals surface area contributed by atoms with Gasteiger partial charge < -0.3 is 5.11 Å². The Morgan fingerprint density at radius 1 is 1.26 bits per heavy atom. The van der Waals surface area contributed by atoms with Gasteiger partial charge in [-0.15, -0.1) is 0 Å². The predicted octanol–water partition coefficient (Wildman–Crippen LogP) is 3.75. The molecule has 0 bridgehead atoms. The number of H-pyrrole nitrogens is 2. The normalized spacial score (nSPS) is 11.4. The number of phenolic OH excluding ortho intramolecular Hbond substituents is 1. The maximum absolute atomic E-state index is 10.1. The number of rotatable bonds is 3. The number of aromatic amines is 2. The molecule has 3 rings (SSSR count). The molecule has 3 aromatic rings. The lowest BCUT2D eigenvalue weighted by Crippen LogP contribution is -1.96. The molecule has 118 valence electrons. The van der Waals surface area contributed by atoms with E-state index in [0.717, 1.165) is 10.2 Å².